The van der Waals surface area contributed by atoms with Crippen LogP contribution >= 0.6 is 24.0 Å². The third kappa shape index (κ3) is 9.80. The summed E-state index contributed by atoms with van der Waals surface area (Å²) in [5, 5.41) is 10.9. The quantitative estimate of drug-likeness (QED) is 0.256. The smallest absolute Gasteiger partial charge is 0.191 e. The van der Waals surface area contributed by atoms with Gasteiger partial charge in [0.05, 0.1) is 0 Å². The Hall–Kier alpha value is -0.830. The molecule has 0 fully saturated rings. The van der Waals surface area contributed by atoms with Crippen molar-refractivity contribution in [3.63, 3.8) is 0 Å². The van der Waals surface area contributed by atoms with Crippen molar-refractivity contribution in [1.29, 1.82) is 0 Å². The number of guanidine groups is 1. The zero-order chi connectivity index (χ0) is 16.2. The minimum absolute atomic E-state index is 0. The first-order valence-corrected chi connectivity index (χ1v) is 8.37. The molecule has 6 nitrogen and oxygen atoms in total. The van der Waals surface area contributed by atoms with Crippen LogP contribution in [-0.4, -0.2) is 59.9 Å². The van der Waals surface area contributed by atoms with Crippen molar-refractivity contribution in [1.82, 2.24) is 25.3 Å². The molecular formula is C16H33IN6. The second kappa shape index (κ2) is 13.6. The van der Waals surface area contributed by atoms with E-state index in [0.717, 1.165) is 45.1 Å². The van der Waals surface area contributed by atoms with E-state index in [0.29, 0.717) is 6.04 Å². The van der Waals surface area contributed by atoms with Gasteiger partial charge >= 0.3 is 0 Å². The first kappa shape index (κ1) is 22.2. The minimum Gasteiger partial charge on any atom is -0.357 e. The fraction of sp³-hybridized carbons (Fsp3) is 0.750. The lowest BCUT2D eigenvalue weighted by Gasteiger charge is -2.24. The molecule has 2 N–H and O–H groups in total. The van der Waals surface area contributed by atoms with Crippen LogP contribution in [0.15, 0.2) is 23.5 Å². The third-order valence-electron chi connectivity index (χ3n) is 3.82. The standard InChI is InChI=1S/C16H32N6.HI/c1-5-15(3)21(4)14-11-19-16(17-6-2)18-9-7-12-22-13-8-10-20-22;/h8,10,13,15H,5-7,9,11-12,14H2,1-4H3,(H2,17,18,19);1H. The number of aliphatic imine (C=N–C) groups is 1. The predicted octanol–water partition coefficient (Wildman–Crippen LogP) is 2.18. The number of hydrogen-bond donors (Lipinski definition) is 2. The molecule has 1 heterocycles. The third-order valence-corrected chi connectivity index (χ3v) is 3.82. The highest BCUT2D eigenvalue weighted by atomic mass is 127. The Kier molecular flexibility index (Phi) is 13.1. The summed E-state index contributed by atoms with van der Waals surface area (Å²) in [6, 6.07) is 2.57. The van der Waals surface area contributed by atoms with Crippen molar-refractivity contribution in [3.8, 4) is 0 Å². The lowest BCUT2D eigenvalue weighted by molar-refractivity contribution is 0.255. The second-order valence-electron chi connectivity index (χ2n) is 5.55. The SMILES string of the molecule is CCNC(=NCCCn1cccn1)NCCN(C)C(C)CC.I. The van der Waals surface area contributed by atoms with Gasteiger partial charge in [-0.3, -0.25) is 9.67 Å². The maximum absolute atomic E-state index is 4.61. The molecule has 1 atom stereocenters. The van der Waals surface area contributed by atoms with Crippen molar-refractivity contribution in [2.45, 2.75) is 46.2 Å². The molecule has 1 aromatic heterocycles. The van der Waals surface area contributed by atoms with Gasteiger partial charge in [-0.2, -0.15) is 5.10 Å². The van der Waals surface area contributed by atoms with Crippen LogP contribution in [0.5, 0.6) is 0 Å². The van der Waals surface area contributed by atoms with Crippen LogP contribution in [0.4, 0.5) is 0 Å². The Bertz CT molecular complexity index is 407. The van der Waals surface area contributed by atoms with Crippen LogP contribution < -0.4 is 10.6 Å². The van der Waals surface area contributed by atoms with E-state index in [1.165, 1.54) is 6.42 Å². The number of halogens is 1. The number of hydrogen-bond acceptors (Lipinski definition) is 3. The van der Waals surface area contributed by atoms with Crippen LogP contribution in [0, 0.1) is 0 Å². The van der Waals surface area contributed by atoms with Crippen molar-refractivity contribution in [2.24, 2.45) is 4.99 Å². The summed E-state index contributed by atoms with van der Waals surface area (Å²) in [4.78, 5) is 6.98. The van der Waals surface area contributed by atoms with Gasteiger partial charge in [0, 0.05) is 51.2 Å². The maximum atomic E-state index is 4.61. The topological polar surface area (TPSA) is 57.5 Å². The van der Waals surface area contributed by atoms with Crippen molar-refractivity contribution >= 4 is 29.9 Å². The van der Waals surface area contributed by atoms with Crippen LogP contribution in [0.1, 0.15) is 33.6 Å². The van der Waals surface area contributed by atoms with Crippen LogP contribution in [0.25, 0.3) is 0 Å². The largest absolute Gasteiger partial charge is 0.357 e. The van der Waals surface area contributed by atoms with Gasteiger partial charge in [0.25, 0.3) is 0 Å². The molecule has 0 spiro atoms. The summed E-state index contributed by atoms with van der Waals surface area (Å²) in [6.45, 7) is 11.1. The Morgan fingerprint density at radius 2 is 2.13 bits per heavy atom. The van der Waals surface area contributed by atoms with Crippen LogP contribution in [0.2, 0.25) is 0 Å². The van der Waals surface area contributed by atoms with Crippen LogP contribution in [-0.2, 0) is 6.54 Å². The lowest BCUT2D eigenvalue weighted by Crippen LogP contribution is -2.42. The van der Waals surface area contributed by atoms with E-state index < -0.39 is 0 Å². The summed E-state index contributed by atoms with van der Waals surface area (Å²) in [7, 11) is 2.17. The molecule has 134 valence electrons. The molecule has 1 aromatic rings. The molecule has 0 aliphatic heterocycles. The number of aromatic nitrogens is 2. The molecule has 0 aliphatic carbocycles. The van der Waals surface area contributed by atoms with E-state index in [1.807, 2.05) is 23.1 Å². The summed E-state index contributed by atoms with van der Waals surface area (Å²) < 4.78 is 1.94. The average molecular weight is 436 g/mol. The fourth-order valence-corrected chi connectivity index (χ4v) is 2.08. The Morgan fingerprint density at radius 1 is 1.35 bits per heavy atom. The fourth-order valence-electron chi connectivity index (χ4n) is 2.08. The number of nitrogens with one attached hydrogen (secondary N) is 2. The first-order valence-electron chi connectivity index (χ1n) is 8.37. The molecule has 0 aliphatic rings. The van der Waals surface area contributed by atoms with E-state index in [4.69, 9.17) is 0 Å². The highest BCUT2D eigenvalue weighted by Crippen LogP contribution is 1.98. The normalized spacial score (nSPS) is 12.8. The second-order valence-corrected chi connectivity index (χ2v) is 5.55. The van der Waals surface area contributed by atoms with Gasteiger partial charge in [0.15, 0.2) is 5.96 Å². The Balaban J connectivity index is 0.00000484. The van der Waals surface area contributed by atoms with Gasteiger partial charge in [0.1, 0.15) is 0 Å². The molecule has 7 heteroatoms. The highest BCUT2D eigenvalue weighted by Gasteiger charge is 2.06. The Morgan fingerprint density at radius 3 is 2.74 bits per heavy atom. The van der Waals surface area contributed by atoms with Gasteiger partial charge in [-0.15, -0.1) is 24.0 Å². The van der Waals surface area contributed by atoms with Gasteiger partial charge in [-0.1, -0.05) is 6.92 Å². The molecule has 0 saturated carbocycles. The zero-order valence-corrected chi connectivity index (χ0v) is 17.3. The number of aryl methyl sites for hydroxylation is 1. The summed E-state index contributed by atoms with van der Waals surface area (Å²) in [5.74, 6) is 0.903. The summed E-state index contributed by atoms with van der Waals surface area (Å²) >= 11 is 0. The Labute approximate surface area is 158 Å². The molecule has 0 saturated heterocycles. The monoisotopic (exact) mass is 436 g/mol. The maximum Gasteiger partial charge on any atom is 0.191 e. The molecule has 0 amide bonds. The van der Waals surface area contributed by atoms with Crippen LogP contribution in [0.3, 0.4) is 0 Å². The van der Waals surface area contributed by atoms with E-state index in [1.54, 1.807) is 0 Å². The predicted molar refractivity (Wildman–Crippen MR) is 109 cm³/mol. The first-order chi connectivity index (χ1) is 10.7. The molecule has 0 bridgehead atoms. The van der Waals surface area contributed by atoms with Crippen molar-refractivity contribution in [3.05, 3.63) is 18.5 Å². The van der Waals surface area contributed by atoms with E-state index >= 15 is 0 Å². The average Bonchev–Trinajstić information content (AvgIpc) is 3.03. The van der Waals surface area contributed by atoms with E-state index in [9.17, 15) is 0 Å². The van der Waals surface area contributed by atoms with E-state index in [2.05, 4.69) is 53.4 Å². The molecule has 0 aromatic carbocycles. The van der Waals surface area contributed by atoms with Gasteiger partial charge in [0.2, 0.25) is 0 Å². The molecular weight excluding hydrogens is 403 g/mol. The number of likely N-dealkylation sites (N-methyl/N-ethyl adjacent to an activating group) is 1. The molecule has 0 radical (unpaired) electrons. The zero-order valence-electron chi connectivity index (χ0n) is 15.0. The van der Waals surface area contributed by atoms with Gasteiger partial charge in [-0.25, -0.2) is 0 Å². The van der Waals surface area contributed by atoms with Gasteiger partial charge < -0.3 is 15.5 Å². The number of rotatable bonds is 10. The summed E-state index contributed by atoms with van der Waals surface area (Å²) in [6.07, 6.45) is 5.96. The lowest BCUT2D eigenvalue weighted by atomic mass is 10.2. The van der Waals surface area contributed by atoms with E-state index in [-0.39, 0.29) is 24.0 Å². The molecule has 1 rings (SSSR count). The molecule has 23 heavy (non-hydrogen) atoms. The minimum atomic E-state index is 0. The van der Waals surface area contributed by atoms with Gasteiger partial charge in [-0.05, 0) is 39.8 Å². The van der Waals surface area contributed by atoms with Crippen molar-refractivity contribution < 1.29 is 0 Å². The number of nitrogens with zero attached hydrogens (tertiary/aromatic N) is 4. The van der Waals surface area contributed by atoms with Crippen molar-refractivity contribution in [2.75, 3.05) is 33.2 Å². The highest BCUT2D eigenvalue weighted by molar-refractivity contribution is 14.0. The molecule has 1 unspecified atom stereocenters. The summed E-state index contributed by atoms with van der Waals surface area (Å²) in [5.41, 5.74) is 0.